The Labute approximate surface area is 143 Å². The standard InChI is InChI=1S/C19H25N3O2/c1-14(2)12-21-19(20)22-13-15-8-10-16(11-9-15)24-18-7-5-4-6-17(18)23-3/h4-11,14H,12-13H2,1-3H3,(H3,20,21,22). The lowest BCUT2D eigenvalue weighted by molar-refractivity contribution is 0.379. The number of nitrogens with one attached hydrogen (secondary N) is 1. The van der Waals surface area contributed by atoms with Gasteiger partial charge in [0.25, 0.3) is 0 Å². The van der Waals surface area contributed by atoms with Crippen molar-refractivity contribution in [3.63, 3.8) is 0 Å². The second-order valence-corrected chi connectivity index (χ2v) is 5.87. The van der Waals surface area contributed by atoms with Gasteiger partial charge in [-0.05, 0) is 35.7 Å². The molecule has 0 saturated carbocycles. The molecule has 0 aliphatic rings. The minimum Gasteiger partial charge on any atom is -0.493 e. The topological polar surface area (TPSA) is 68.9 Å². The van der Waals surface area contributed by atoms with E-state index >= 15 is 0 Å². The fourth-order valence-electron chi connectivity index (χ4n) is 2.03. The smallest absolute Gasteiger partial charge is 0.188 e. The van der Waals surface area contributed by atoms with Gasteiger partial charge in [0, 0.05) is 6.54 Å². The first kappa shape index (κ1) is 17.7. The number of rotatable bonds is 7. The van der Waals surface area contributed by atoms with Crippen LogP contribution in [0.15, 0.2) is 53.5 Å². The third-order valence-electron chi connectivity index (χ3n) is 3.34. The molecule has 0 atom stereocenters. The maximum Gasteiger partial charge on any atom is 0.188 e. The molecular weight excluding hydrogens is 302 g/mol. The largest absolute Gasteiger partial charge is 0.493 e. The second kappa shape index (κ2) is 8.82. The van der Waals surface area contributed by atoms with Crippen LogP contribution in [0.25, 0.3) is 0 Å². The normalized spacial score (nSPS) is 11.4. The highest BCUT2D eigenvalue weighted by molar-refractivity contribution is 5.77. The van der Waals surface area contributed by atoms with Crippen LogP contribution in [-0.2, 0) is 6.54 Å². The van der Waals surface area contributed by atoms with Gasteiger partial charge < -0.3 is 20.5 Å². The Hall–Kier alpha value is -2.69. The van der Waals surface area contributed by atoms with Crippen LogP contribution < -0.4 is 20.5 Å². The molecule has 0 fully saturated rings. The van der Waals surface area contributed by atoms with Crippen molar-refractivity contribution < 1.29 is 9.47 Å². The minimum absolute atomic E-state index is 0.470. The molecule has 0 aliphatic carbocycles. The van der Waals surface area contributed by atoms with Crippen LogP contribution in [0, 0.1) is 5.92 Å². The molecular formula is C19H25N3O2. The first-order valence-electron chi connectivity index (χ1n) is 8.02. The summed E-state index contributed by atoms with van der Waals surface area (Å²) in [4.78, 5) is 4.33. The van der Waals surface area contributed by atoms with E-state index in [1.54, 1.807) is 7.11 Å². The summed E-state index contributed by atoms with van der Waals surface area (Å²) < 4.78 is 11.1. The molecule has 0 radical (unpaired) electrons. The highest BCUT2D eigenvalue weighted by Gasteiger charge is 2.04. The summed E-state index contributed by atoms with van der Waals surface area (Å²) in [5.74, 6) is 3.14. The maximum absolute atomic E-state index is 5.85. The van der Waals surface area contributed by atoms with Crippen LogP contribution in [0.5, 0.6) is 17.2 Å². The van der Waals surface area contributed by atoms with Gasteiger partial charge in [0.2, 0.25) is 0 Å². The van der Waals surface area contributed by atoms with Crippen LogP contribution in [0.1, 0.15) is 19.4 Å². The van der Waals surface area contributed by atoms with Gasteiger partial charge in [0.1, 0.15) is 5.75 Å². The van der Waals surface area contributed by atoms with Gasteiger partial charge in [0.15, 0.2) is 17.5 Å². The van der Waals surface area contributed by atoms with Gasteiger partial charge >= 0.3 is 0 Å². The van der Waals surface area contributed by atoms with E-state index in [4.69, 9.17) is 15.2 Å². The predicted octanol–water partition coefficient (Wildman–Crippen LogP) is 3.55. The summed E-state index contributed by atoms with van der Waals surface area (Å²) in [6, 6.07) is 15.3. The Morgan fingerprint density at radius 3 is 2.38 bits per heavy atom. The number of ether oxygens (including phenoxy) is 2. The first-order chi connectivity index (χ1) is 11.6. The first-order valence-corrected chi connectivity index (χ1v) is 8.02. The van der Waals surface area contributed by atoms with E-state index in [-0.39, 0.29) is 0 Å². The van der Waals surface area contributed by atoms with E-state index in [2.05, 4.69) is 24.2 Å². The number of methoxy groups -OCH3 is 1. The zero-order valence-corrected chi connectivity index (χ0v) is 14.5. The van der Waals surface area contributed by atoms with Crippen molar-refractivity contribution in [1.29, 1.82) is 0 Å². The molecule has 5 nitrogen and oxygen atoms in total. The molecule has 24 heavy (non-hydrogen) atoms. The van der Waals surface area contributed by atoms with Crippen LogP contribution in [-0.4, -0.2) is 19.6 Å². The lowest BCUT2D eigenvalue weighted by Crippen LogP contribution is -2.34. The highest BCUT2D eigenvalue weighted by Crippen LogP contribution is 2.30. The number of hydrogen-bond acceptors (Lipinski definition) is 3. The van der Waals surface area contributed by atoms with Crippen LogP contribution in [0.3, 0.4) is 0 Å². The highest BCUT2D eigenvalue weighted by atomic mass is 16.5. The minimum atomic E-state index is 0.470. The number of guanidine groups is 1. The van der Waals surface area contributed by atoms with E-state index in [1.807, 2.05) is 48.5 Å². The average Bonchev–Trinajstić information content (AvgIpc) is 2.60. The van der Waals surface area contributed by atoms with Gasteiger partial charge in [-0.15, -0.1) is 0 Å². The van der Waals surface area contributed by atoms with Crippen LogP contribution in [0.2, 0.25) is 0 Å². The lowest BCUT2D eigenvalue weighted by atomic mass is 10.2. The van der Waals surface area contributed by atoms with E-state index in [0.29, 0.717) is 29.9 Å². The molecule has 5 heteroatoms. The molecule has 0 spiro atoms. The van der Waals surface area contributed by atoms with Crippen molar-refractivity contribution in [3.8, 4) is 17.2 Å². The molecule has 3 N–H and O–H groups in total. The zero-order valence-electron chi connectivity index (χ0n) is 14.5. The molecule has 0 bridgehead atoms. The van der Waals surface area contributed by atoms with E-state index < -0.39 is 0 Å². The maximum atomic E-state index is 5.85. The molecule has 0 unspecified atom stereocenters. The average molecular weight is 327 g/mol. The number of benzene rings is 2. The second-order valence-electron chi connectivity index (χ2n) is 5.87. The molecule has 0 aliphatic heterocycles. The zero-order chi connectivity index (χ0) is 17.4. The SMILES string of the molecule is COc1ccccc1Oc1ccc(CN=C(N)NCC(C)C)cc1. The number of para-hydroxylation sites is 2. The Morgan fingerprint density at radius 1 is 1.08 bits per heavy atom. The summed E-state index contributed by atoms with van der Waals surface area (Å²) in [6.07, 6.45) is 0. The van der Waals surface area contributed by atoms with E-state index in [0.717, 1.165) is 17.9 Å². The van der Waals surface area contributed by atoms with Crippen molar-refractivity contribution in [2.24, 2.45) is 16.6 Å². The monoisotopic (exact) mass is 327 g/mol. The third kappa shape index (κ3) is 5.50. The van der Waals surface area contributed by atoms with Crippen molar-refractivity contribution in [3.05, 3.63) is 54.1 Å². The van der Waals surface area contributed by atoms with Crippen molar-refractivity contribution in [2.75, 3.05) is 13.7 Å². The van der Waals surface area contributed by atoms with Gasteiger partial charge in [-0.3, -0.25) is 0 Å². The molecule has 2 aromatic rings. The van der Waals surface area contributed by atoms with Gasteiger partial charge in [-0.1, -0.05) is 38.1 Å². The summed E-state index contributed by atoms with van der Waals surface area (Å²) in [7, 11) is 1.63. The molecule has 128 valence electrons. The van der Waals surface area contributed by atoms with Gasteiger partial charge in [0.05, 0.1) is 13.7 Å². The summed E-state index contributed by atoms with van der Waals surface area (Å²) >= 11 is 0. The fourth-order valence-corrected chi connectivity index (χ4v) is 2.03. The lowest BCUT2D eigenvalue weighted by Gasteiger charge is -2.10. The Morgan fingerprint density at radius 2 is 1.75 bits per heavy atom. The molecule has 0 aromatic heterocycles. The summed E-state index contributed by atoms with van der Waals surface area (Å²) in [5.41, 5.74) is 6.90. The third-order valence-corrected chi connectivity index (χ3v) is 3.34. The molecule has 2 aromatic carbocycles. The Balaban J connectivity index is 1.94. The molecule has 0 amide bonds. The molecule has 0 heterocycles. The number of nitrogens with two attached hydrogens (primary N) is 1. The Kier molecular flexibility index (Phi) is 6.49. The Bertz CT molecular complexity index is 667. The van der Waals surface area contributed by atoms with Crippen LogP contribution >= 0.6 is 0 Å². The fraction of sp³-hybridized carbons (Fsp3) is 0.316. The quantitative estimate of drug-likeness (QED) is 0.603. The van der Waals surface area contributed by atoms with Crippen molar-refractivity contribution in [2.45, 2.75) is 20.4 Å². The molecule has 2 rings (SSSR count). The summed E-state index contributed by atoms with van der Waals surface area (Å²) in [5, 5.41) is 3.10. The van der Waals surface area contributed by atoms with Gasteiger partial charge in [-0.25, -0.2) is 4.99 Å². The predicted molar refractivity (Wildman–Crippen MR) is 97.7 cm³/mol. The summed E-state index contributed by atoms with van der Waals surface area (Å²) in [6.45, 7) is 5.61. The van der Waals surface area contributed by atoms with Gasteiger partial charge in [-0.2, -0.15) is 0 Å². The van der Waals surface area contributed by atoms with Crippen molar-refractivity contribution >= 4 is 5.96 Å². The number of aliphatic imine (C=N–C) groups is 1. The number of nitrogens with zero attached hydrogens (tertiary/aromatic N) is 1. The van der Waals surface area contributed by atoms with E-state index in [1.165, 1.54) is 0 Å². The molecule has 0 saturated heterocycles. The van der Waals surface area contributed by atoms with Crippen LogP contribution in [0.4, 0.5) is 0 Å². The van der Waals surface area contributed by atoms with Crippen molar-refractivity contribution in [1.82, 2.24) is 5.32 Å². The number of hydrogen-bond donors (Lipinski definition) is 2. The van der Waals surface area contributed by atoms with E-state index in [9.17, 15) is 0 Å².